The van der Waals surface area contributed by atoms with Gasteiger partial charge in [0.25, 0.3) is 0 Å². The maximum absolute atomic E-state index is 15.8. The summed E-state index contributed by atoms with van der Waals surface area (Å²) in [7, 11) is 0. The zero-order valence-corrected chi connectivity index (χ0v) is 23.3. The molecule has 0 saturated carbocycles. The maximum Gasteiger partial charge on any atom is 0.170 e. The van der Waals surface area contributed by atoms with Crippen molar-refractivity contribution >= 4 is 43.6 Å². The Balaban J connectivity index is 1.43. The molecule has 2 aromatic heterocycles. The number of aromatic nitrogens is 2. The van der Waals surface area contributed by atoms with Gasteiger partial charge in [-0.15, -0.1) is 0 Å². The lowest BCUT2D eigenvalue weighted by Gasteiger charge is -2.14. The van der Waals surface area contributed by atoms with Crippen LogP contribution in [0.4, 0.5) is 17.6 Å². The highest BCUT2D eigenvalue weighted by molar-refractivity contribution is 6.10. The molecular formula is C36H28F4N2. The van der Waals surface area contributed by atoms with Crippen LogP contribution in [0.3, 0.4) is 0 Å². The molecule has 0 spiro atoms. The van der Waals surface area contributed by atoms with Gasteiger partial charge in [0.2, 0.25) is 0 Å². The van der Waals surface area contributed by atoms with Gasteiger partial charge < -0.3 is 9.13 Å². The minimum absolute atomic E-state index is 0.0838. The van der Waals surface area contributed by atoms with Crippen LogP contribution in [-0.4, -0.2) is 9.13 Å². The van der Waals surface area contributed by atoms with Gasteiger partial charge >= 0.3 is 0 Å². The van der Waals surface area contributed by atoms with E-state index in [1.54, 1.807) is 24.3 Å². The van der Waals surface area contributed by atoms with Crippen molar-refractivity contribution in [1.82, 2.24) is 9.13 Å². The summed E-state index contributed by atoms with van der Waals surface area (Å²) in [6, 6.07) is 25.6. The molecule has 0 fully saturated rings. The summed E-state index contributed by atoms with van der Waals surface area (Å²) in [5.74, 6) is -5.63. The van der Waals surface area contributed by atoms with Crippen molar-refractivity contribution in [3.63, 3.8) is 0 Å². The molecule has 7 rings (SSSR count). The van der Waals surface area contributed by atoms with Crippen LogP contribution in [0.25, 0.3) is 65.9 Å². The number of para-hydroxylation sites is 2. The van der Waals surface area contributed by atoms with Crippen molar-refractivity contribution in [2.24, 2.45) is 0 Å². The van der Waals surface area contributed by atoms with Gasteiger partial charge in [0, 0.05) is 56.7 Å². The van der Waals surface area contributed by atoms with E-state index in [4.69, 9.17) is 0 Å². The van der Waals surface area contributed by atoms with Gasteiger partial charge in [0.15, 0.2) is 23.3 Å². The molecule has 7 aromatic rings. The van der Waals surface area contributed by atoms with Gasteiger partial charge in [-0.3, -0.25) is 0 Å². The van der Waals surface area contributed by atoms with E-state index in [2.05, 4.69) is 9.13 Å². The van der Waals surface area contributed by atoms with Crippen molar-refractivity contribution in [3.8, 4) is 22.3 Å². The Kier molecular flexibility index (Phi) is 6.30. The molecule has 0 aliphatic rings. The fourth-order valence-electron chi connectivity index (χ4n) is 6.48. The molecule has 2 nitrogen and oxygen atoms in total. The van der Waals surface area contributed by atoms with Gasteiger partial charge in [-0.05, 0) is 48.2 Å². The second kappa shape index (κ2) is 10.1. The second-order valence-electron chi connectivity index (χ2n) is 10.8. The number of halogens is 4. The summed E-state index contributed by atoms with van der Waals surface area (Å²) in [6.45, 7) is 5.48. The molecule has 0 N–H and O–H groups in total. The standard InChI is InChI=1S/C36H28F4N2/c1-3-17-41-27-11-7-5-9-23(27)25-15-13-21(19-29(25)41)31-33(37)35(39)32(36(40)34(31)38)22-14-16-26-24-10-6-8-12-28(24)42(18-4-2)30(26)20-22/h5-16,19-20H,3-4,17-18H2,1-2H3. The van der Waals surface area contributed by atoms with Crippen LogP contribution in [-0.2, 0) is 13.1 Å². The third-order valence-electron chi connectivity index (χ3n) is 8.28. The molecule has 0 radical (unpaired) electrons. The third kappa shape index (κ3) is 3.78. The van der Waals surface area contributed by atoms with Gasteiger partial charge in [0.1, 0.15) is 0 Å². The summed E-state index contributed by atoms with van der Waals surface area (Å²) in [5.41, 5.74) is 2.27. The summed E-state index contributed by atoms with van der Waals surface area (Å²) in [5, 5.41) is 3.85. The van der Waals surface area contributed by atoms with E-state index in [1.165, 1.54) is 12.1 Å². The predicted molar refractivity (Wildman–Crippen MR) is 164 cm³/mol. The molecular weight excluding hydrogens is 536 g/mol. The summed E-state index contributed by atoms with van der Waals surface area (Å²) in [6.07, 6.45) is 1.69. The first kappa shape index (κ1) is 26.3. The number of aryl methyl sites for hydroxylation is 2. The first-order valence-corrected chi connectivity index (χ1v) is 14.3. The normalized spacial score (nSPS) is 12.0. The number of benzene rings is 5. The highest BCUT2D eigenvalue weighted by atomic mass is 19.2. The Morgan fingerprint density at radius 3 is 1.19 bits per heavy atom. The monoisotopic (exact) mass is 564 g/mol. The lowest BCUT2D eigenvalue weighted by atomic mass is 9.96. The molecule has 2 heterocycles. The average Bonchev–Trinajstić information content (AvgIpc) is 3.49. The van der Waals surface area contributed by atoms with Crippen molar-refractivity contribution in [2.75, 3.05) is 0 Å². The number of fused-ring (bicyclic) bond motifs is 6. The minimum atomic E-state index is -1.41. The Morgan fingerprint density at radius 1 is 0.452 bits per heavy atom. The van der Waals surface area contributed by atoms with Crippen LogP contribution in [0.5, 0.6) is 0 Å². The zero-order valence-electron chi connectivity index (χ0n) is 23.3. The lowest BCUT2D eigenvalue weighted by Crippen LogP contribution is -2.04. The fourth-order valence-corrected chi connectivity index (χ4v) is 6.48. The molecule has 42 heavy (non-hydrogen) atoms. The highest BCUT2D eigenvalue weighted by Gasteiger charge is 2.28. The molecule has 210 valence electrons. The van der Waals surface area contributed by atoms with E-state index >= 15 is 17.6 Å². The summed E-state index contributed by atoms with van der Waals surface area (Å²) < 4.78 is 67.4. The molecule has 0 aliphatic heterocycles. The average molecular weight is 565 g/mol. The molecule has 0 unspecified atom stereocenters. The van der Waals surface area contributed by atoms with Crippen molar-refractivity contribution < 1.29 is 17.6 Å². The highest BCUT2D eigenvalue weighted by Crippen LogP contribution is 2.41. The Labute approximate surface area is 240 Å². The molecule has 0 atom stereocenters. The number of hydrogen-bond acceptors (Lipinski definition) is 0. The van der Waals surface area contributed by atoms with Crippen molar-refractivity contribution in [2.45, 2.75) is 39.8 Å². The quantitative estimate of drug-likeness (QED) is 0.140. The summed E-state index contributed by atoms with van der Waals surface area (Å²) >= 11 is 0. The van der Waals surface area contributed by atoms with Gasteiger partial charge in [0.05, 0.1) is 11.1 Å². The van der Waals surface area contributed by atoms with Crippen molar-refractivity contribution in [3.05, 3.63) is 108 Å². The molecule has 0 bridgehead atoms. The third-order valence-corrected chi connectivity index (χ3v) is 8.28. The van der Waals surface area contributed by atoms with E-state index in [0.29, 0.717) is 13.1 Å². The lowest BCUT2D eigenvalue weighted by molar-refractivity contribution is 0.463. The number of nitrogens with zero attached hydrogens (tertiary/aromatic N) is 2. The topological polar surface area (TPSA) is 9.86 Å². The zero-order chi connectivity index (χ0) is 29.1. The molecule has 0 saturated heterocycles. The van der Waals surface area contributed by atoms with Crippen LogP contribution >= 0.6 is 0 Å². The Bertz CT molecular complexity index is 1990. The first-order valence-electron chi connectivity index (χ1n) is 14.3. The van der Waals surface area contributed by atoms with Crippen LogP contribution in [0.1, 0.15) is 26.7 Å². The molecule has 5 aromatic carbocycles. The van der Waals surface area contributed by atoms with Gasteiger partial charge in [-0.2, -0.15) is 0 Å². The molecule has 6 heteroatoms. The van der Waals surface area contributed by atoms with E-state index in [-0.39, 0.29) is 11.1 Å². The van der Waals surface area contributed by atoms with E-state index in [1.807, 2.05) is 62.4 Å². The second-order valence-corrected chi connectivity index (χ2v) is 10.8. The van der Waals surface area contributed by atoms with Crippen molar-refractivity contribution in [1.29, 1.82) is 0 Å². The maximum atomic E-state index is 15.8. The van der Waals surface area contributed by atoms with Gasteiger partial charge in [-0.25, -0.2) is 17.6 Å². The van der Waals surface area contributed by atoms with Crippen LogP contribution in [0.2, 0.25) is 0 Å². The van der Waals surface area contributed by atoms with Crippen LogP contribution < -0.4 is 0 Å². The predicted octanol–water partition coefficient (Wildman–Crippen LogP) is 10.6. The smallest absolute Gasteiger partial charge is 0.170 e. The Hall–Kier alpha value is -4.58. The van der Waals surface area contributed by atoms with E-state index in [0.717, 1.165) is 56.5 Å². The Morgan fingerprint density at radius 2 is 0.810 bits per heavy atom. The van der Waals surface area contributed by atoms with E-state index in [9.17, 15) is 0 Å². The first-order chi connectivity index (χ1) is 20.4. The van der Waals surface area contributed by atoms with Gasteiger partial charge in [-0.1, -0.05) is 74.5 Å². The number of rotatable bonds is 6. The van der Waals surface area contributed by atoms with Crippen LogP contribution in [0, 0.1) is 23.3 Å². The minimum Gasteiger partial charge on any atom is -0.340 e. The number of hydrogen-bond donors (Lipinski definition) is 0. The van der Waals surface area contributed by atoms with Crippen LogP contribution in [0.15, 0.2) is 84.9 Å². The fraction of sp³-hybridized carbons (Fsp3) is 0.167. The summed E-state index contributed by atoms with van der Waals surface area (Å²) in [4.78, 5) is 0. The van der Waals surface area contributed by atoms with E-state index < -0.39 is 34.4 Å². The molecule has 0 aliphatic carbocycles. The SMILES string of the molecule is CCCn1c2ccccc2c2ccc(-c3c(F)c(F)c(-c4ccc5c6ccccc6n(CCC)c5c4)c(F)c3F)cc21. The molecule has 0 amide bonds. The largest absolute Gasteiger partial charge is 0.340 e.